The first-order valence-electron chi connectivity index (χ1n) is 5.24. The maximum atomic E-state index is 10.6. The Bertz CT molecular complexity index is 347. The van der Waals surface area contributed by atoms with Crippen molar-refractivity contribution in [2.45, 2.75) is 6.92 Å². The van der Waals surface area contributed by atoms with Gasteiger partial charge in [0.05, 0.1) is 5.92 Å². The molecular formula is C12H18N2O2. The molecule has 0 bridgehead atoms. The number of hydrogen-bond donors (Lipinski definition) is 2. The summed E-state index contributed by atoms with van der Waals surface area (Å²) < 4.78 is 0. The Hall–Kier alpha value is -1.71. The molecular weight excluding hydrogens is 204 g/mol. The van der Waals surface area contributed by atoms with Gasteiger partial charge in [-0.25, -0.2) is 0 Å². The van der Waals surface area contributed by atoms with E-state index in [1.807, 2.05) is 43.3 Å². The number of aliphatic carboxylic acids is 1. The minimum Gasteiger partial charge on any atom is -0.481 e. The molecule has 0 fully saturated rings. The van der Waals surface area contributed by atoms with Gasteiger partial charge in [0.1, 0.15) is 0 Å². The van der Waals surface area contributed by atoms with E-state index in [0.29, 0.717) is 6.54 Å². The monoisotopic (exact) mass is 222 g/mol. The molecule has 0 saturated heterocycles. The second-order valence-electron chi connectivity index (χ2n) is 4.06. The highest BCUT2D eigenvalue weighted by atomic mass is 16.4. The molecule has 0 spiro atoms. The van der Waals surface area contributed by atoms with Crippen molar-refractivity contribution in [1.29, 1.82) is 0 Å². The number of nitrogens with zero attached hydrogens (tertiary/aromatic N) is 1. The fraction of sp³-hybridized carbons (Fsp3) is 0.417. The predicted molar refractivity (Wildman–Crippen MR) is 66.1 cm³/mol. The zero-order valence-corrected chi connectivity index (χ0v) is 9.90. The Kier molecular flexibility index (Phi) is 4.17. The number of hydrogen-bond acceptors (Lipinski definition) is 3. The molecule has 0 saturated carbocycles. The summed E-state index contributed by atoms with van der Waals surface area (Å²) in [6.07, 6.45) is 0. The fourth-order valence-corrected chi connectivity index (χ4v) is 1.24. The van der Waals surface area contributed by atoms with Crippen LogP contribution in [-0.2, 0) is 4.79 Å². The van der Waals surface area contributed by atoms with Gasteiger partial charge < -0.3 is 15.3 Å². The highest BCUT2D eigenvalue weighted by Crippen LogP contribution is 2.15. The highest BCUT2D eigenvalue weighted by molar-refractivity contribution is 5.70. The van der Waals surface area contributed by atoms with Crippen LogP contribution in [0.3, 0.4) is 0 Å². The van der Waals surface area contributed by atoms with Crippen LogP contribution in [-0.4, -0.2) is 31.7 Å². The maximum absolute atomic E-state index is 10.6. The molecule has 4 heteroatoms. The SMILES string of the molecule is CC(CNc1ccc(N(C)C)cc1)C(=O)O. The lowest BCUT2D eigenvalue weighted by Gasteiger charge is -2.14. The molecule has 88 valence electrons. The van der Waals surface area contributed by atoms with E-state index in [1.54, 1.807) is 6.92 Å². The minimum atomic E-state index is -0.780. The molecule has 2 N–H and O–H groups in total. The van der Waals surface area contributed by atoms with Crippen molar-refractivity contribution in [3.05, 3.63) is 24.3 Å². The standard InChI is InChI=1S/C12H18N2O2/c1-9(12(15)16)8-13-10-4-6-11(7-5-10)14(2)3/h4-7,9,13H,8H2,1-3H3,(H,15,16). The average Bonchev–Trinajstić information content (AvgIpc) is 2.26. The van der Waals surface area contributed by atoms with Crippen LogP contribution in [0.25, 0.3) is 0 Å². The van der Waals surface area contributed by atoms with Crippen LogP contribution in [0.15, 0.2) is 24.3 Å². The number of benzene rings is 1. The summed E-state index contributed by atoms with van der Waals surface area (Å²) in [7, 11) is 3.96. The van der Waals surface area contributed by atoms with E-state index in [0.717, 1.165) is 11.4 Å². The Morgan fingerprint density at radius 3 is 2.38 bits per heavy atom. The first-order chi connectivity index (χ1) is 7.50. The Balaban J connectivity index is 2.52. The zero-order chi connectivity index (χ0) is 12.1. The van der Waals surface area contributed by atoms with Crippen LogP contribution in [0.5, 0.6) is 0 Å². The first-order valence-corrected chi connectivity index (χ1v) is 5.24. The van der Waals surface area contributed by atoms with Crippen molar-refractivity contribution in [2.24, 2.45) is 5.92 Å². The smallest absolute Gasteiger partial charge is 0.308 e. The summed E-state index contributed by atoms with van der Waals surface area (Å²) in [4.78, 5) is 12.6. The van der Waals surface area contributed by atoms with Crippen molar-refractivity contribution >= 4 is 17.3 Å². The predicted octanol–water partition coefficient (Wildman–Crippen LogP) is 1.89. The van der Waals surface area contributed by atoms with Crippen LogP contribution in [0.2, 0.25) is 0 Å². The third-order valence-corrected chi connectivity index (χ3v) is 2.42. The molecule has 0 aliphatic rings. The third kappa shape index (κ3) is 3.46. The number of rotatable bonds is 5. The van der Waals surface area contributed by atoms with Crippen molar-refractivity contribution in [3.8, 4) is 0 Å². The van der Waals surface area contributed by atoms with Gasteiger partial charge in [0.15, 0.2) is 0 Å². The molecule has 0 heterocycles. The molecule has 1 aromatic rings. The highest BCUT2D eigenvalue weighted by Gasteiger charge is 2.09. The molecule has 0 amide bonds. The second kappa shape index (κ2) is 5.39. The summed E-state index contributed by atoms with van der Waals surface area (Å²) in [6.45, 7) is 2.13. The summed E-state index contributed by atoms with van der Waals surface area (Å²) >= 11 is 0. The molecule has 1 atom stereocenters. The van der Waals surface area contributed by atoms with Crippen molar-refractivity contribution in [3.63, 3.8) is 0 Å². The number of anilines is 2. The van der Waals surface area contributed by atoms with Gasteiger partial charge >= 0.3 is 5.97 Å². The molecule has 4 nitrogen and oxygen atoms in total. The lowest BCUT2D eigenvalue weighted by molar-refractivity contribution is -0.140. The van der Waals surface area contributed by atoms with Crippen LogP contribution >= 0.6 is 0 Å². The molecule has 0 aromatic heterocycles. The zero-order valence-electron chi connectivity index (χ0n) is 9.90. The third-order valence-electron chi connectivity index (χ3n) is 2.42. The van der Waals surface area contributed by atoms with Gasteiger partial charge in [0, 0.05) is 32.0 Å². The molecule has 0 radical (unpaired) electrons. The summed E-state index contributed by atoms with van der Waals surface area (Å²) in [5.74, 6) is -1.16. The van der Waals surface area contributed by atoms with Gasteiger partial charge in [-0.3, -0.25) is 4.79 Å². The number of nitrogens with one attached hydrogen (secondary N) is 1. The van der Waals surface area contributed by atoms with Crippen molar-refractivity contribution in [1.82, 2.24) is 0 Å². The summed E-state index contributed by atoms with van der Waals surface area (Å²) in [5, 5.41) is 11.8. The van der Waals surface area contributed by atoms with Gasteiger partial charge in [-0.05, 0) is 24.3 Å². The summed E-state index contributed by atoms with van der Waals surface area (Å²) in [5.41, 5.74) is 2.07. The van der Waals surface area contributed by atoms with Gasteiger partial charge in [-0.1, -0.05) is 6.92 Å². The van der Waals surface area contributed by atoms with Gasteiger partial charge in [-0.2, -0.15) is 0 Å². The number of carboxylic acids is 1. The fourth-order valence-electron chi connectivity index (χ4n) is 1.24. The molecule has 16 heavy (non-hydrogen) atoms. The van der Waals surface area contributed by atoms with E-state index in [2.05, 4.69) is 5.32 Å². The van der Waals surface area contributed by atoms with Crippen LogP contribution < -0.4 is 10.2 Å². The van der Waals surface area contributed by atoms with E-state index in [-0.39, 0.29) is 5.92 Å². The number of carbonyl (C=O) groups is 1. The lowest BCUT2D eigenvalue weighted by Crippen LogP contribution is -2.19. The van der Waals surface area contributed by atoms with E-state index < -0.39 is 5.97 Å². The average molecular weight is 222 g/mol. The van der Waals surface area contributed by atoms with E-state index >= 15 is 0 Å². The molecule has 0 aliphatic carbocycles. The molecule has 0 aliphatic heterocycles. The van der Waals surface area contributed by atoms with Crippen molar-refractivity contribution in [2.75, 3.05) is 30.9 Å². The van der Waals surface area contributed by atoms with E-state index in [1.165, 1.54) is 0 Å². The lowest BCUT2D eigenvalue weighted by atomic mass is 10.2. The largest absolute Gasteiger partial charge is 0.481 e. The van der Waals surface area contributed by atoms with E-state index in [9.17, 15) is 4.79 Å². The molecule has 1 rings (SSSR count). The van der Waals surface area contributed by atoms with Crippen molar-refractivity contribution < 1.29 is 9.90 Å². The van der Waals surface area contributed by atoms with Gasteiger partial charge in [-0.15, -0.1) is 0 Å². The Labute approximate surface area is 95.9 Å². The summed E-state index contributed by atoms with van der Waals surface area (Å²) in [6, 6.07) is 7.88. The Morgan fingerprint density at radius 2 is 1.94 bits per heavy atom. The van der Waals surface area contributed by atoms with Gasteiger partial charge in [0.25, 0.3) is 0 Å². The quantitative estimate of drug-likeness (QED) is 0.798. The maximum Gasteiger partial charge on any atom is 0.308 e. The Morgan fingerprint density at radius 1 is 1.38 bits per heavy atom. The van der Waals surface area contributed by atoms with Crippen LogP contribution in [0, 0.1) is 5.92 Å². The van der Waals surface area contributed by atoms with Crippen LogP contribution in [0.4, 0.5) is 11.4 Å². The van der Waals surface area contributed by atoms with E-state index in [4.69, 9.17) is 5.11 Å². The normalized spacial score (nSPS) is 11.9. The minimum absolute atomic E-state index is 0.381. The number of carboxylic acid groups (broad SMARTS) is 1. The topological polar surface area (TPSA) is 52.6 Å². The van der Waals surface area contributed by atoms with Gasteiger partial charge in [0.2, 0.25) is 0 Å². The first kappa shape index (κ1) is 12.4. The van der Waals surface area contributed by atoms with Crippen LogP contribution in [0.1, 0.15) is 6.92 Å². The second-order valence-corrected chi connectivity index (χ2v) is 4.06. The molecule has 1 unspecified atom stereocenters. The molecule has 1 aromatic carbocycles.